The molecule has 0 saturated carbocycles. The van der Waals surface area contributed by atoms with E-state index in [0.29, 0.717) is 0 Å². The van der Waals surface area contributed by atoms with Crippen LogP contribution in [-0.2, 0) is 12.8 Å². The predicted molar refractivity (Wildman–Crippen MR) is 77.6 cm³/mol. The Morgan fingerprint density at radius 2 is 1.79 bits per heavy atom. The van der Waals surface area contributed by atoms with Gasteiger partial charge >= 0.3 is 0 Å². The summed E-state index contributed by atoms with van der Waals surface area (Å²) in [6.45, 7) is 2.10. The summed E-state index contributed by atoms with van der Waals surface area (Å²) in [5.41, 5.74) is 9.84. The van der Waals surface area contributed by atoms with Crippen LogP contribution in [0.3, 0.4) is 0 Å². The lowest BCUT2D eigenvalue weighted by molar-refractivity contribution is 0.605. The number of aryl methyl sites for hydroxylation is 2. The molecule has 1 nitrogen and oxygen atoms in total. The van der Waals surface area contributed by atoms with Gasteiger partial charge in [0, 0.05) is 6.04 Å². The second kappa shape index (κ2) is 6.48. The molecule has 2 aromatic rings. The second-order valence-corrected chi connectivity index (χ2v) is 5.12. The second-order valence-electron chi connectivity index (χ2n) is 5.12. The SMILES string of the molecule is Cc1cccc(CCC(N)Cc2ccc(F)cc2)c1. The van der Waals surface area contributed by atoms with Gasteiger partial charge < -0.3 is 5.73 Å². The average molecular weight is 257 g/mol. The van der Waals surface area contributed by atoms with Crippen LogP contribution in [0.15, 0.2) is 48.5 Å². The van der Waals surface area contributed by atoms with E-state index >= 15 is 0 Å². The highest BCUT2D eigenvalue weighted by Gasteiger charge is 2.05. The smallest absolute Gasteiger partial charge is 0.123 e. The largest absolute Gasteiger partial charge is 0.327 e. The quantitative estimate of drug-likeness (QED) is 0.869. The van der Waals surface area contributed by atoms with Crippen LogP contribution < -0.4 is 5.73 Å². The van der Waals surface area contributed by atoms with Crippen molar-refractivity contribution >= 4 is 0 Å². The number of hydrogen-bond acceptors (Lipinski definition) is 1. The molecule has 2 aromatic carbocycles. The molecule has 0 radical (unpaired) electrons. The minimum Gasteiger partial charge on any atom is -0.327 e. The molecule has 0 bridgehead atoms. The van der Waals surface area contributed by atoms with Crippen LogP contribution in [0.1, 0.15) is 23.1 Å². The molecule has 2 heteroatoms. The predicted octanol–water partition coefficient (Wildman–Crippen LogP) is 3.64. The Labute approximate surface area is 114 Å². The molecule has 0 fully saturated rings. The third-order valence-corrected chi connectivity index (χ3v) is 3.30. The molecule has 0 heterocycles. The lowest BCUT2D eigenvalue weighted by atomic mass is 9.99. The Balaban J connectivity index is 1.84. The van der Waals surface area contributed by atoms with Gasteiger partial charge in [-0.1, -0.05) is 42.0 Å². The van der Waals surface area contributed by atoms with Crippen LogP contribution in [0.2, 0.25) is 0 Å². The van der Waals surface area contributed by atoms with Gasteiger partial charge in [0.15, 0.2) is 0 Å². The number of rotatable bonds is 5. The van der Waals surface area contributed by atoms with E-state index in [1.54, 1.807) is 0 Å². The first-order valence-electron chi connectivity index (χ1n) is 6.69. The van der Waals surface area contributed by atoms with Gasteiger partial charge in [0.25, 0.3) is 0 Å². The highest BCUT2D eigenvalue weighted by atomic mass is 19.1. The van der Waals surface area contributed by atoms with Gasteiger partial charge in [-0.3, -0.25) is 0 Å². The van der Waals surface area contributed by atoms with Crippen molar-refractivity contribution in [2.45, 2.75) is 32.2 Å². The van der Waals surface area contributed by atoms with E-state index in [2.05, 4.69) is 31.2 Å². The molecule has 1 unspecified atom stereocenters. The minimum absolute atomic E-state index is 0.117. The highest BCUT2D eigenvalue weighted by molar-refractivity contribution is 5.22. The van der Waals surface area contributed by atoms with Crippen molar-refractivity contribution in [3.63, 3.8) is 0 Å². The molecule has 2 rings (SSSR count). The molecule has 19 heavy (non-hydrogen) atoms. The van der Waals surface area contributed by atoms with E-state index in [1.807, 2.05) is 12.1 Å². The summed E-state index contributed by atoms with van der Waals surface area (Å²) in [4.78, 5) is 0. The lowest BCUT2D eigenvalue weighted by Crippen LogP contribution is -2.23. The van der Waals surface area contributed by atoms with Crippen LogP contribution in [0.5, 0.6) is 0 Å². The fourth-order valence-corrected chi connectivity index (χ4v) is 2.25. The van der Waals surface area contributed by atoms with Gasteiger partial charge in [0.05, 0.1) is 0 Å². The third kappa shape index (κ3) is 4.49. The number of halogens is 1. The lowest BCUT2D eigenvalue weighted by Gasteiger charge is -2.12. The maximum atomic E-state index is 12.8. The van der Waals surface area contributed by atoms with Crippen LogP contribution in [0, 0.1) is 12.7 Å². The molecule has 0 amide bonds. The van der Waals surface area contributed by atoms with Gasteiger partial charge in [-0.25, -0.2) is 4.39 Å². The molecule has 0 aliphatic heterocycles. The van der Waals surface area contributed by atoms with E-state index in [4.69, 9.17) is 5.73 Å². The summed E-state index contributed by atoms with van der Waals surface area (Å²) in [5, 5.41) is 0. The molecule has 100 valence electrons. The van der Waals surface area contributed by atoms with E-state index in [0.717, 1.165) is 24.8 Å². The number of hydrogen-bond donors (Lipinski definition) is 1. The zero-order chi connectivity index (χ0) is 13.7. The standard InChI is InChI=1S/C17H20FN/c1-13-3-2-4-14(11-13)7-10-17(19)12-15-5-8-16(18)9-6-15/h2-6,8-9,11,17H,7,10,12,19H2,1H3. The first-order valence-corrected chi connectivity index (χ1v) is 6.69. The minimum atomic E-state index is -0.197. The zero-order valence-corrected chi connectivity index (χ0v) is 11.3. The molecule has 0 spiro atoms. The molecule has 0 aliphatic carbocycles. The Bertz CT molecular complexity index is 519. The van der Waals surface area contributed by atoms with Gasteiger partial charge in [0.2, 0.25) is 0 Å². The van der Waals surface area contributed by atoms with E-state index in [1.165, 1.54) is 23.3 Å². The first-order chi connectivity index (χ1) is 9.13. The molecule has 0 saturated heterocycles. The normalized spacial score (nSPS) is 12.4. The first kappa shape index (κ1) is 13.8. The Hall–Kier alpha value is -1.67. The summed E-state index contributed by atoms with van der Waals surface area (Å²) >= 11 is 0. The summed E-state index contributed by atoms with van der Waals surface area (Å²) < 4.78 is 12.8. The van der Waals surface area contributed by atoms with Crippen LogP contribution >= 0.6 is 0 Å². The molecule has 1 atom stereocenters. The van der Waals surface area contributed by atoms with Gasteiger partial charge in [-0.15, -0.1) is 0 Å². The topological polar surface area (TPSA) is 26.0 Å². The van der Waals surface area contributed by atoms with Crippen LogP contribution in [-0.4, -0.2) is 6.04 Å². The Kier molecular flexibility index (Phi) is 4.69. The molecule has 0 aromatic heterocycles. The van der Waals surface area contributed by atoms with Gasteiger partial charge in [-0.05, 0) is 49.4 Å². The monoisotopic (exact) mass is 257 g/mol. The van der Waals surface area contributed by atoms with Crippen molar-refractivity contribution in [1.82, 2.24) is 0 Å². The maximum absolute atomic E-state index is 12.8. The number of nitrogens with two attached hydrogens (primary N) is 1. The summed E-state index contributed by atoms with van der Waals surface area (Å²) in [6.07, 6.45) is 2.73. The molecule has 2 N–H and O–H groups in total. The number of benzene rings is 2. The third-order valence-electron chi connectivity index (χ3n) is 3.30. The summed E-state index contributed by atoms with van der Waals surface area (Å²) in [6, 6.07) is 15.2. The molecule has 0 aliphatic rings. The molecular formula is C17H20FN. The van der Waals surface area contributed by atoms with Crippen molar-refractivity contribution in [3.8, 4) is 0 Å². The van der Waals surface area contributed by atoms with E-state index < -0.39 is 0 Å². The maximum Gasteiger partial charge on any atom is 0.123 e. The zero-order valence-electron chi connectivity index (χ0n) is 11.3. The van der Waals surface area contributed by atoms with Gasteiger partial charge in [0.1, 0.15) is 5.82 Å². The average Bonchev–Trinajstić information content (AvgIpc) is 2.39. The van der Waals surface area contributed by atoms with Crippen molar-refractivity contribution in [3.05, 3.63) is 71.0 Å². The fourth-order valence-electron chi connectivity index (χ4n) is 2.25. The van der Waals surface area contributed by atoms with E-state index in [9.17, 15) is 4.39 Å². The van der Waals surface area contributed by atoms with Crippen molar-refractivity contribution in [2.75, 3.05) is 0 Å². The van der Waals surface area contributed by atoms with Crippen LogP contribution in [0.25, 0.3) is 0 Å². The fraction of sp³-hybridized carbons (Fsp3) is 0.294. The Morgan fingerprint density at radius 1 is 1.05 bits per heavy atom. The summed E-state index contributed by atoms with van der Waals surface area (Å²) in [7, 11) is 0. The van der Waals surface area contributed by atoms with Crippen molar-refractivity contribution < 1.29 is 4.39 Å². The summed E-state index contributed by atoms with van der Waals surface area (Å²) in [5.74, 6) is -0.197. The van der Waals surface area contributed by atoms with Gasteiger partial charge in [-0.2, -0.15) is 0 Å². The van der Waals surface area contributed by atoms with Crippen molar-refractivity contribution in [2.24, 2.45) is 5.73 Å². The Morgan fingerprint density at radius 3 is 2.47 bits per heavy atom. The molecular weight excluding hydrogens is 237 g/mol. The van der Waals surface area contributed by atoms with Crippen LogP contribution in [0.4, 0.5) is 4.39 Å². The highest BCUT2D eigenvalue weighted by Crippen LogP contribution is 2.11. The van der Waals surface area contributed by atoms with E-state index in [-0.39, 0.29) is 11.9 Å². The van der Waals surface area contributed by atoms with Crippen molar-refractivity contribution in [1.29, 1.82) is 0 Å².